The Balaban J connectivity index is 0. The van der Waals surface area contributed by atoms with Gasteiger partial charge in [-0.25, -0.2) is 0 Å². The quantitative estimate of drug-likeness (QED) is 0.558. The van der Waals surface area contributed by atoms with E-state index in [1.807, 2.05) is 0 Å². The molecule has 0 aromatic heterocycles. The van der Waals surface area contributed by atoms with Crippen molar-refractivity contribution in [1.29, 1.82) is 0 Å². The Morgan fingerprint density at radius 2 is 1.06 bits per heavy atom. The van der Waals surface area contributed by atoms with Crippen LogP contribution in [0.1, 0.15) is 25.7 Å². The minimum absolute atomic E-state index is 0.0498. The third-order valence-corrected chi connectivity index (χ3v) is 1.32. The number of hydrogen-bond donors (Lipinski definition) is 3. The van der Waals surface area contributed by atoms with Gasteiger partial charge in [-0.15, -0.1) is 0 Å². The van der Waals surface area contributed by atoms with Gasteiger partial charge in [0.25, 0.3) is 0 Å². The lowest BCUT2D eigenvalue weighted by atomic mass is 10.3. The molecule has 0 unspecified atom stereocenters. The van der Waals surface area contributed by atoms with Crippen LogP contribution in [0.15, 0.2) is 0 Å². The van der Waals surface area contributed by atoms with E-state index < -0.39 is 23.9 Å². The molecule has 0 radical (unpaired) electrons. The van der Waals surface area contributed by atoms with Gasteiger partial charge >= 0.3 is 23.9 Å². The molecule has 0 fully saturated rings. The maximum Gasteiger partial charge on any atom is 0.306 e. The zero-order valence-electron chi connectivity index (χ0n) is 9.21. The Labute approximate surface area is 96.8 Å². The van der Waals surface area contributed by atoms with Gasteiger partial charge in [-0.1, -0.05) is 0 Å². The lowest BCUT2D eigenvalue weighted by Crippen LogP contribution is -2.04. The second-order valence-corrected chi connectivity index (χ2v) is 2.76. The van der Waals surface area contributed by atoms with Gasteiger partial charge in [0.2, 0.25) is 0 Å². The lowest BCUT2D eigenvalue weighted by Gasteiger charge is -1.92. The predicted molar refractivity (Wildman–Crippen MR) is 53.4 cm³/mol. The Morgan fingerprint density at radius 1 is 0.765 bits per heavy atom. The number of carboxylic acids is 3. The van der Waals surface area contributed by atoms with Crippen molar-refractivity contribution in [3.8, 4) is 0 Å². The summed E-state index contributed by atoms with van der Waals surface area (Å²) in [6, 6.07) is 0. The smallest absolute Gasteiger partial charge is 0.306 e. The molecule has 0 rings (SSSR count). The van der Waals surface area contributed by atoms with Crippen molar-refractivity contribution in [2.75, 3.05) is 7.11 Å². The Hall–Kier alpha value is -2.12. The van der Waals surface area contributed by atoms with Crippen molar-refractivity contribution < 1.29 is 39.2 Å². The minimum atomic E-state index is -1.08. The molecule has 0 aliphatic carbocycles. The summed E-state index contributed by atoms with van der Waals surface area (Å²) in [4.78, 5) is 39.3. The van der Waals surface area contributed by atoms with Gasteiger partial charge in [0.1, 0.15) is 0 Å². The molecule has 0 saturated carbocycles. The summed E-state index contributed by atoms with van der Waals surface area (Å²) < 4.78 is 4.20. The molecule has 0 atom stereocenters. The highest BCUT2D eigenvalue weighted by Gasteiger charge is 2.03. The van der Waals surface area contributed by atoms with Crippen LogP contribution >= 0.6 is 0 Å². The first-order valence-corrected chi connectivity index (χ1v) is 4.51. The van der Waals surface area contributed by atoms with Gasteiger partial charge in [0.05, 0.1) is 32.8 Å². The molecule has 17 heavy (non-hydrogen) atoms. The minimum Gasteiger partial charge on any atom is -0.481 e. The number of carbonyl (C=O) groups excluding carboxylic acids is 1. The first-order chi connectivity index (χ1) is 7.79. The van der Waals surface area contributed by atoms with Crippen molar-refractivity contribution in [3.05, 3.63) is 0 Å². The molecule has 0 aliphatic heterocycles. The van der Waals surface area contributed by atoms with Gasteiger partial charge in [-0.05, 0) is 0 Å². The summed E-state index contributed by atoms with van der Waals surface area (Å²) in [7, 11) is 1.23. The highest BCUT2D eigenvalue weighted by Crippen LogP contribution is 1.89. The topological polar surface area (TPSA) is 138 Å². The first kappa shape index (κ1) is 17.3. The van der Waals surface area contributed by atoms with Crippen LogP contribution in [0.4, 0.5) is 0 Å². The summed E-state index contributed by atoms with van der Waals surface area (Å²) in [6.45, 7) is 0. The van der Waals surface area contributed by atoms with Crippen molar-refractivity contribution in [2.45, 2.75) is 25.7 Å². The van der Waals surface area contributed by atoms with E-state index in [-0.39, 0.29) is 25.7 Å². The van der Waals surface area contributed by atoms with E-state index in [1.165, 1.54) is 7.11 Å². The molecule has 0 heterocycles. The normalized spacial score (nSPS) is 8.53. The van der Waals surface area contributed by atoms with Crippen molar-refractivity contribution in [1.82, 2.24) is 0 Å². The maximum atomic E-state index is 10.2. The molecule has 0 aromatic rings. The molecule has 0 bridgehead atoms. The fourth-order valence-electron chi connectivity index (χ4n) is 0.525. The van der Waals surface area contributed by atoms with E-state index in [4.69, 9.17) is 15.3 Å². The Bertz CT molecular complexity index is 269. The molecule has 0 aromatic carbocycles. The van der Waals surface area contributed by atoms with Gasteiger partial charge < -0.3 is 20.1 Å². The molecule has 98 valence electrons. The predicted octanol–water partition coefficient (Wildman–Crippen LogP) is -0.0400. The number of methoxy groups -OCH3 is 1. The lowest BCUT2D eigenvalue weighted by molar-refractivity contribution is -0.145. The molecule has 0 amide bonds. The summed E-state index contributed by atoms with van der Waals surface area (Å²) in [5.74, 6) is -3.63. The van der Waals surface area contributed by atoms with Gasteiger partial charge in [0.15, 0.2) is 0 Å². The van der Waals surface area contributed by atoms with E-state index in [2.05, 4.69) is 4.74 Å². The van der Waals surface area contributed by atoms with E-state index in [0.717, 1.165) is 0 Å². The number of aliphatic carboxylic acids is 3. The van der Waals surface area contributed by atoms with E-state index >= 15 is 0 Å². The molecule has 8 nitrogen and oxygen atoms in total. The van der Waals surface area contributed by atoms with Crippen LogP contribution in [0, 0.1) is 0 Å². The molecule has 3 N–H and O–H groups in total. The number of hydrogen-bond acceptors (Lipinski definition) is 5. The maximum absolute atomic E-state index is 10.2. The zero-order valence-corrected chi connectivity index (χ0v) is 9.21. The van der Waals surface area contributed by atoms with Gasteiger partial charge in [-0.2, -0.15) is 0 Å². The average molecular weight is 250 g/mol. The first-order valence-electron chi connectivity index (χ1n) is 4.51. The van der Waals surface area contributed by atoms with Crippen LogP contribution in [0.25, 0.3) is 0 Å². The number of carbonyl (C=O) groups is 4. The van der Waals surface area contributed by atoms with E-state index in [9.17, 15) is 19.2 Å². The van der Waals surface area contributed by atoms with E-state index in [0.29, 0.717) is 0 Å². The fraction of sp³-hybridized carbons (Fsp3) is 0.556. The second kappa shape index (κ2) is 10.4. The average Bonchev–Trinajstić information content (AvgIpc) is 2.23. The highest BCUT2D eigenvalue weighted by atomic mass is 16.5. The van der Waals surface area contributed by atoms with Crippen LogP contribution in [0.5, 0.6) is 0 Å². The monoisotopic (exact) mass is 250 g/mol. The Kier molecular flexibility index (Phi) is 10.6. The molecular formula is C9H14O8. The fourth-order valence-corrected chi connectivity index (χ4v) is 0.525. The Morgan fingerprint density at radius 3 is 1.29 bits per heavy atom. The second-order valence-electron chi connectivity index (χ2n) is 2.76. The van der Waals surface area contributed by atoms with E-state index in [1.54, 1.807) is 0 Å². The van der Waals surface area contributed by atoms with Crippen LogP contribution in [0.3, 0.4) is 0 Å². The molecular weight excluding hydrogens is 236 g/mol. The van der Waals surface area contributed by atoms with Crippen LogP contribution < -0.4 is 0 Å². The number of esters is 1. The molecule has 0 spiro atoms. The SMILES string of the molecule is COC(=O)CCC(=O)O.O=C(O)CCC(=O)O. The number of carboxylic acid groups (broad SMARTS) is 3. The highest BCUT2D eigenvalue weighted by molar-refractivity contribution is 5.76. The summed E-state index contributed by atoms with van der Waals surface area (Å²) in [6.07, 6.45) is -0.802. The van der Waals surface area contributed by atoms with Crippen LogP contribution in [0.2, 0.25) is 0 Å². The largest absolute Gasteiger partial charge is 0.481 e. The zero-order chi connectivity index (χ0) is 13.8. The van der Waals surface area contributed by atoms with Crippen molar-refractivity contribution >= 4 is 23.9 Å². The third-order valence-electron chi connectivity index (χ3n) is 1.32. The third kappa shape index (κ3) is 20.1. The van der Waals surface area contributed by atoms with Gasteiger partial charge in [0, 0.05) is 0 Å². The van der Waals surface area contributed by atoms with Crippen LogP contribution in [-0.2, 0) is 23.9 Å². The standard InChI is InChI=1S/C5H8O4.C4H6O4/c1-9-5(8)3-2-4(6)7;5-3(6)1-2-4(7)8/h2-3H2,1H3,(H,6,7);1-2H2,(H,5,6)(H,7,8). The molecule has 0 saturated heterocycles. The summed E-state index contributed by atoms with van der Waals surface area (Å²) >= 11 is 0. The summed E-state index contributed by atoms with van der Waals surface area (Å²) in [5, 5.41) is 23.8. The van der Waals surface area contributed by atoms with Crippen molar-refractivity contribution in [3.63, 3.8) is 0 Å². The van der Waals surface area contributed by atoms with Crippen molar-refractivity contribution in [2.24, 2.45) is 0 Å². The van der Waals surface area contributed by atoms with Crippen LogP contribution in [-0.4, -0.2) is 46.3 Å². The molecule has 8 heteroatoms. The summed E-state index contributed by atoms with van der Waals surface area (Å²) in [5.41, 5.74) is 0. The number of ether oxygens (including phenoxy) is 1. The number of rotatable bonds is 6. The molecule has 0 aliphatic rings. The van der Waals surface area contributed by atoms with Gasteiger partial charge in [-0.3, -0.25) is 19.2 Å².